The smallest absolute Gasteiger partial charge is 0.322 e. The highest BCUT2D eigenvalue weighted by Gasteiger charge is 2.34. The van der Waals surface area contributed by atoms with Gasteiger partial charge in [0.05, 0.1) is 7.11 Å². The number of methoxy groups -OCH3 is 1. The molecule has 160 valence electrons. The van der Waals surface area contributed by atoms with E-state index in [1.807, 2.05) is 42.5 Å². The van der Waals surface area contributed by atoms with Gasteiger partial charge < -0.3 is 15.0 Å². The zero-order valence-corrected chi connectivity index (χ0v) is 19.1. The van der Waals surface area contributed by atoms with E-state index in [9.17, 15) is 9.59 Å². The molecule has 3 amide bonds. The Morgan fingerprint density at radius 2 is 2.00 bits per heavy atom. The average Bonchev–Trinajstić information content (AvgIpc) is 3.44. The van der Waals surface area contributed by atoms with Crippen LogP contribution < -0.4 is 15.4 Å². The largest absolute Gasteiger partial charge is 0.497 e. The molecule has 10 heteroatoms. The fourth-order valence-corrected chi connectivity index (χ4v) is 4.52. The molecule has 2 heterocycles. The Morgan fingerprint density at radius 3 is 2.81 bits per heavy atom. The van der Waals surface area contributed by atoms with E-state index < -0.39 is 6.04 Å². The lowest BCUT2D eigenvalue weighted by atomic mass is 10.2. The summed E-state index contributed by atoms with van der Waals surface area (Å²) in [5.41, 5.74) is 1.52. The number of ether oxygens (including phenoxy) is 1. The quantitative estimate of drug-likeness (QED) is 0.531. The number of benzene rings is 2. The van der Waals surface area contributed by atoms with E-state index in [1.54, 1.807) is 18.1 Å². The Bertz CT molecular complexity index is 1110. The molecule has 1 aliphatic heterocycles. The van der Waals surface area contributed by atoms with Gasteiger partial charge in [0, 0.05) is 22.3 Å². The third-order valence-corrected chi connectivity index (χ3v) is 6.25. The van der Waals surface area contributed by atoms with E-state index in [0.717, 1.165) is 22.2 Å². The molecule has 31 heavy (non-hydrogen) atoms. The number of rotatable bonds is 5. The first-order valence-corrected chi connectivity index (χ1v) is 11.3. The lowest BCUT2D eigenvalue weighted by molar-refractivity contribution is -0.119. The fraction of sp³-hybridized carbons (Fsp3) is 0.238. The first kappa shape index (κ1) is 21.3. The summed E-state index contributed by atoms with van der Waals surface area (Å²) in [6, 6.07) is 13.9. The van der Waals surface area contributed by atoms with Gasteiger partial charge in [-0.15, -0.1) is 10.2 Å². The number of halogens is 1. The first-order valence-electron chi connectivity index (χ1n) is 9.65. The Labute approximate surface area is 191 Å². The molecule has 1 atom stereocenters. The van der Waals surface area contributed by atoms with Crippen molar-refractivity contribution >= 4 is 50.0 Å². The van der Waals surface area contributed by atoms with E-state index in [2.05, 4.69) is 36.8 Å². The van der Waals surface area contributed by atoms with Gasteiger partial charge in [-0.25, -0.2) is 4.79 Å². The summed E-state index contributed by atoms with van der Waals surface area (Å²) in [5, 5.41) is 15.0. The average molecular weight is 502 g/mol. The number of likely N-dealkylation sites (tertiary alicyclic amines) is 1. The van der Waals surface area contributed by atoms with Crippen molar-refractivity contribution in [3.8, 4) is 16.3 Å². The van der Waals surface area contributed by atoms with Crippen molar-refractivity contribution in [2.45, 2.75) is 18.9 Å². The number of nitrogens with one attached hydrogen (secondary N) is 2. The van der Waals surface area contributed by atoms with Crippen LogP contribution >= 0.6 is 27.3 Å². The third-order valence-electron chi connectivity index (χ3n) is 4.86. The highest BCUT2D eigenvalue weighted by molar-refractivity contribution is 9.10. The van der Waals surface area contributed by atoms with Crippen LogP contribution in [0.1, 0.15) is 12.8 Å². The number of carbonyl (C=O) groups is 2. The normalized spacial score (nSPS) is 15.5. The number of hydrogen-bond acceptors (Lipinski definition) is 6. The van der Waals surface area contributed by atoms with E-state index in [0.29, 0.717) is 28.8 Å². The molecule has 1 aliphatic rings. The van der Waals surface area contributed by atoms with E-state index in [-0.39, 0.29) is 11.9 Å². The van der Waals surface area contributed by atoms with Crippen molar-refractivity contribution in [2.75, 3.05) is 24.3 Å². The minimum absolute atomic E-state index is 0.268. The van der Waals surface area contributed by atoms with Crippen LogP contribution in [0.4, 0.5) is 15.6 Å². The summed E-state index contributed by atoms with van der Waals surface area (Å²) in [5.74, 6) is 0.451. The monoisotopic (exact) mass is 501 g/mol. The topological polar surface area (TPSA) is 96.5 Å². The lowest BCUT2D eigenvalue weighted by Gasteiger charge is -2.23. The zero-order valence-electron chi connectivity index (χ0n) is 16.7. The molecule has 0 radical (unpaired) electrons. The van der Waals surface area contributed by atoms with Crippen molar-refractivity contribution in [1.29, 1.82) is 0 Å². The summed E-state index contributed by atoms with van der Waals surface area (Å²) < 4.78 is 6.10. The second kappa shape index (κ2) is 9.44. The molecule has 4 rings (SSSR count). The standard InChI is InChI=1S/C21H20BrN5O3S/c1-30-16-8-2-5-13(11-16)19-25-26-20(31-19)24-18(28)17-9-4-10-27(17)21(29)23-15-7-3-6-14(22)12-15/h2-3,5-8,11-12,17H,4,9-10H2,1H3,(H,23,29)(H,24,26,28). The van der Waals surface area contributed by atoms with Gasteiger partial charge in [0.25, 0.3) is 0 Å². The van der Waals surface area contributed by atoms with Crippen LogP contribution in [0, 0.1) is 0 Å². The van der Waals surface area contributed by atoms with Crippen LogP contribution in [0.5, 0.6) is 5.75 Å². The molecule has 1 aromatic heterocycles. The maximum absolute atomic E-state index is 12.9. The minimum atomic E-state index is -0.559. The molecule has 0 aliphatic carbocycles. The van der Waals surface area contributed by atoms with Crippen molar-refractivity contribution in [3.05, 3.63) is 53.0 Å². The summed E-state index contributed by atoms with van der Waals surface area (Å²) in [6.07, 6.45) is 1.36. The predicted molar refractivity (Wildman–Crippen MR) is 123 cm³/mol. The van der Waals surface area contributed by atoms with Crippen LogP contribution in [-0.4, -0.2) is 46.7 Å². The van der Waals surface area contributed by atoms with Crippen LogP contribution in [0.3, 0.4) is 0 Å². The maximum Gasteiger partial charge on any atom is 0.322 e. The molecule has 3 aromatic rings. The molecule has 0 spiro atoms. The third kappa shape index (κ3) is 5.02. The molecule has 0 bridgehead atoms. The Kier molecular flexibility index (Phi) is 6.47. The Balaban J connectivity index is 1.42. The number of carbonyl (C=O) groups excluding carboxylic acids is 2. The second-order valence-corrected chi connectivity index (χ2v) is 8.82. The second-order valence-electron chi connectivity index (χ2n) is 6.93. The van der Waals surface area contributed by atoms with E-state index in [4.69, 9.17) is 4.74 Å². The molecule has 1 unspecified atom stereocenters. The number of aromatic nitrogens is 2. The van der Waals surface area contributed by atoms with Crippen LogP contribution in [0.2, 0.25) is 0 Å². The van der Waals surface area contributed by atoms with E-state index >= 15 is 0 Å². The van der Waals surface area contributed by atoms with Crippen LogP contribution in [0.15, 0.2) is 53.0 Å². The molecule has 1 fully saturated rings. The van der Waals surface area contributed by atoms with Crippen LogP contribution in [-0.2, 0) is 4.79 Å². The van der Waals surface area contributed by atoms with Crippen molar-refractivity contribution in [1.82, 2.24) is 15.1 Å². The molecule has 2 N–H and O–H groups in total. The van der Waals surface area contributed by atoms with Gasteiger partial charge in [-0.2, -0.15) is 0 Å². The van der Waals surface area contributed by atoms with Gasteiger partial charge in [0.15, 0.2) is 0 Å². The van der Waals surface area contributed by atoms with Crippen molar-refractivity contribution in [2.24, 2.45) is 0 Å². The van der Waals surface area contributed by atoms with Gasteiger partial charge in [0.1, 0.15) is 16.8 Å². The Hall–Kier alpha value is -2.98. The number of nitrogens with zero attached hydrogens (tertiary/aromatic N) is 3. The minimum Gasteiger partial charge on any atom is -0.497 e. The molecule has 1 saturated heterocycles. The Morgan fingerprint density at radius 1 is 1.16 bits per heavy atom. The molecule has 8 nitrogen and oxygen atoms in total. The summed E-state index contributed by atoms with van der Waals surface area (Å²) in [6.45, 7) is 0.517. The van der Waals surface area contributed by atoms with Gasteiger partial charge in [-0.1, -0.05) is 45.5 Å². The molecular weight excluding hydrogens is 482 g/mol. The number of hydrogen-bond donors (Lipinski definition) is 2. The van der Waals surface area contributed by atoms with Crippen LogP contribution in [0.25, 0.3) is 10.6 Å². The van der Waals surface area contributed by atoms with Gasteiger partial charge in [-0.05, 0) is 43.2 Å². The SMILES string of the molecule is COc1cccc(-c2nnc(NC(=O)C3CCCN3C(=O)Nc3cccc(Br)c3)s2)c1. The highest BCUT2D eigenvalue weighted by atomic mass is 79.9. The first-order chi connectivity index (χ1) is 15.0. The maximum atomic E-state index is 12.9. The number of amides is 3. The summed E-state index contributed by atoms with van der Waals surface area (Å²) in [4.78, 5) is 27.1. The van der Waals surface area contributed by atoms with Gasteiger partial charge in [0.2, 0.25) is 11.0 Å². The van der Waals surface area contributed by atoms with E-state index in [1.165, 1.54) is 11.3 Å². The lowest BCUT2D eigenvalue weighted by Crippen LogP contribution is -2.45. The fourth-order valence-electron chi connectivity index (χ4n) is 3.38. The summed E-state index contributed by atoms with van der Waals surface area (Å²) >= 11 is 4.66. The number of urea groups is 1. The van der Waals surface area contributed by atoms with Crippen molar-refractivity contribution in [3.63, 3.8) is 0 Å². The molecule has 2 aromatic carbocycles. The predicted octanol–water partition coefficient (Wildman–Crippen LogP) is 4.61. The number of anilines is 2. The zero-order chi connectivity index (χ0) is 21.8. The highest BCUT2D eigenvalue weighted by Crippen LogP contribution is 2.29. The molecule has 0 saturated carbocycles. The van der Waals surface area contributed by atoms with Gasteiger partial charge in [-0.3, -0.25) is 10.1 Å². The van der Waals surface area contributed by atoms with Crippen molar-refractivity contribution < 1.29 is 14.3 Å². The summed E-state index contributed by atoms with van der Waals surface area (Å²) in [7, 11) is 1.60. The van der Waals surface area contributed by atoms with Gasteiger partial charge >= 0.3 is 6.03 Å². The molecular formula is C21H20BrN5O3S.